The van der Waals surface area contributed by atoms with Crippen molar-refractivity contribution in [2.75, 3.05) is 20.3 Å². The lowest BCUT2D eigenvalue weighted by Gasteiger charge is -2.39. The Kier molecular flexibility index (Phi) is 6.76. The Morgan fingerprint density at radius 1 is 1.11 bits per heavy atom. The molecule has 2 unspecified atom stereocenters. The molecule has 0 saturated carbocycles. The maximum atomic E-state index is 13.3. The van der Waals surface area contributed by atoms with E-state index in [1.807, 2.05) is 30.3 Å². The fraction of sp³-hybridized carbons (Fsp3) is 0.364. The van der Waals surface area contributed by atoms with E-state index < -0.39 is 0 Å². The first-order valence-electron chi connectivity index (χ1n) is 9.44. The molecule has 0 spiro atoms. The molecule has 3 rings (SSSR count). The average Bonchev–Trinajstić information content (AvgIpc) is 2.73. The number of hydrogen-bond donors (Lipinski definition) is 1. The number of amides is 2. The van der Waals surface area contributed by atoms with E-state index in [9.17, 15) is 14.0 Å². The van der Waals surface area contributed by atoms with E-state index >= 15 is 0 Å². The summed E-state index contributed by atoms with van der Waals surface area (Å²) in [7, 11) is 1.47. The fourth-order valence-electron chi connectivity index (χ4n) is 3.63. The average molecular weight is 384 g/mol. The lowest BCUT2D eigenvalue weighted by molar-refractivity contribution is -0.142. The summed E-state index contributed by atoms with van der Waals surface area (Å²) in [6.07, 6.45) is 1.31. The van der Waals surface area contributed by atoms with Crippen LogP contribution in [0.5, 0.6) is 0 Å². The van der Waals surface area contributed by atoms with Gasteiger partial charge in [-0.25, -0.2) is 4.39 Å². The number of hydrogen-bond acceptors (Lipinski definition) is 3. The molecule has 2 amide bonds. The first-order valence-corrected chi connectivity index (χ1v) is 9.44. The number of carbonyl (C=O) groups is 2. The molecule has 5 nitrogen and oxygen atoms in total. The van der Waals surface area contributed by atoms with Gasteiger partial charge in [-0.3, -0.25) is 9.59 Å². The van der Waals surface area contributed by atoms with Crippen LogP contribution in [0.2, 0.25) is 0 Å². The second kappa shape index (κ2) is 9.46. The SMILES string of the molecule is COCC(=O)N1CC(C(=O)NCc2ccccc2)CCC1c1ccc(F)cc1. The van der Waals surface area contributed by atoms with Crippen LogP contribution < -0.4 is 5.32 Å². The zero-order valence-corrected chi connectivity index (χ0v) is 15.9. The van der Waals surface area contributed by atoms with Gasteiger partial charge in [0, 0.05) is 20.2 Å². The van der Waals surface area contributed by atoms with Gasteiger partial charge in [-0.1, -0.05) is 42.5 Å². The fourth-order valence-corrected chi connectivity index (χ4v) is 3.63. The van der Waals surface area contributed by atoms with E-state index in [0.717, 1.165) is 11.1 Å². The Balaban J connectivity index is 1.68. The molecule has 0 radical (unpaired) electrons. The van der Waals surface area contributed by atoms with Gasteiger partial charge in [0.15, 0.2) is 0 Å². The monoisotopic (exact) mass is 384 g/mol. The molecule has 1 aliphatic rings. The predicted octanol–water partition coefficient (Wildman–Crippen LogP) is 3.07. The maximum Gasteiger partial charge on any atom is 0.249 e. The van der Waals surface area contributed by atoms with Gasteiger partial charge in [0.1, 0.15) is 12.4 Å². The van der Waals surface area contributed by atoms with Crippen LogP contribution in [-0.4, -0.2) is 37.0 Å². The number of nitrogens with zero attached hydrogens (tertiary/aromatic N) is 1. The summed E-state index contributed by atoms with van der Waals surface area (Å²) < 4.78 is 18.3. The highest BCUT2D eigenvalue weighted by atomic mass is 19.1. The molecule has 28 heavy (non-hydrogen) atoms. The van der Waals surface area contributed by atoms with Crippen molar-refractivity contribution in [3.63, 3.8) is 0 Å². The quantitative estimate of drug-likeness (QED) is 0.833. The molecule has 148 valence electrons. The Morgan fingerprint density at radius 2 is 1.82 bits per heavy atom. The third kappa shape index (κ3) is 4.95. The molecule has 1 aliphatic heterocycles. The molecule has 1 saturated heterocycles. The van der Waals surface area contributed by atoms with Gasteiger partial charge in [-0.05, 0) is 36.1 Å². The van der Waals surface area contributed by atoms with E-state index in [4.69, 9.17) is 4.74 Å². The van der Waals surface area contributed by atoms with Gasteiger partial charge in [0.25, 0.3) is 0 Å². The van der Waals surface area contributed by atoms with Gasteiger partial charge in [-0.15, -0.1) is 0 Å². The van der Waals surface area contributed by atoms with Crippen molar-refractivity contribution in [3.8, 4) is 0 Å². The van der Waals surface area contributed by atoms with Crippen molar-refractivity contribution >= 4 is 11.8 Å². The molecule has 2 aromatic carbocycles. The summed E-state index contributed by atoms with van der Waals surface area (Å²) in [6, 6.07) is 15.7. The van der Waals surface area contributed by atoms with Crippen LogP contribution in [-0.2, 0) is 20.9 Å². The topological polar surface area (TPSA) is 58.6 Å². The van der Waals surface area contributed by atoms with Crippen molar-refractivity contribution < 1.29 is 18.7 Å². The minimum atomic E-state index is -0.313. The summed E-state index contributed by atoms with van der Waals surface area (Å²) in [5, 5.41) is 2.96. The normalized spacial score (nSPS) is 19.3. The maximum absolute atomic E-state index is 13.3. The third-order valence-electron chi connectivity index (χ3n) is 5.11. The van der Waals surface area contributed by atoms with Crippen LogP contribution in [0.1, 0.15) is 30.0 Å². The summed E-state index contributed by atoms with van der Waals surface area (Å²) >= 11 is 0. The summed E-state index contributed by atoms with van der Waals surface area (Å²) in [4.78, 5) is 26.9. The summed E-state index contributed by atoms with van der Waals surface area (Å²) in [5.74, 6) is -0.817. The molecule has 2 atom stereocenters. The third-order valence-corrected chi connectivity index (χ3v) is 5.11. The number of halogens is 1. The zero-order chi connectivity index (χ0) is 19.9. The molecular weight excluding hydrogens is 359 g/mol. The number of rotatable bonds is 6. The lowest BCUT2D eigenvalue weighted by atomic mass is 9.88. The molecule has 1 heterocycles. The molecule has 0 aromatic heterocycles. The van der Waals surface area contributed by atoms with Crippen molar-refractivity contribution in [1.82, 2.24) is 10.2 Å². The van der Waals surface area contributed by atoms with E-state index in [1.54, 1.807) is 17.0 Å². The highest BCUT2D eigenvalue weighted by Gasteiger charge is 2.35. The van der Waals surface area contributed by atoms with E-state index in [1.165, 1.54) is 19.2 Å². The van der Waals surface area contributed by atoms with E-state index in [-0.39, 0.29) is 36.2 Å². The number of piperidine rings is 1. The Morgan fingerprint density at radius 3 is 2.50 bits per heavy atom. The van der Waals surface area contributed by atoms with Crippen molar-refractivity contribution in [2.24, 2.45) is 5.92 Å². The number of methoxy groups -OCH3 is 1. The predicted molar refractivity (Wildman–Crippen MR) is 104 cm³/mol. The van der Waals surface area contributed by atoms with Crippen molar-refractivity contribution in [2.45, 2.75) is 25.4 Å². The minimum Gasteiger partial charge on any atom is -0.375 e. The highest BCUT2D eigenvalue weighted by molar-refractivity contribution is 5.82. The number of carbonyl (C=O) groups excluding carboxylic acids is 2. The number of likely N-dealkylation sites (tertiary alicyclic amines) is 1. The first kappa shape index (κ1) is 20.0. The molecule has 0 bridgehead atoms. The van der Waals surface area contributed by atoms with Crippen LogP contribution >= 0.6 is 0 Å². The standard InChI is InChI=1S/C22H25FN2O3/c1-28-15-21(26)25-14-18(22(27)24-13-16-5-3-2-4-6-16)9-12-20(25)17-7-10-19(23)11-8-17/h2-8,10-11,18,20H,9,12-15H2,1H3,(H,24,27). The van der Waals surface area contributed by atoms with Gasteiger partial charge in [-0.2, -0.15) is 0 Å². The Hall–Kier alpha value is -2.73. The van der Waals surface area contributed by atoms with Crippen molar-refractivity contribution in [3.05, 3.63) is 71.5 Å². The van der Waals surface area contributed by atoms with Crippen LogP contribution in [0, 0.1) is 11.7 Å². The molecule has 1 N–H and O–H groups in total. The molecule has 0 aliphatic carbocycles. The van der Waals surface area contributed by atoms with Crippen LogP contribution in [0.3, 0.4) is 0 Å². The van der Waals surface area contributed by atoms with Gasteiger partial charge in [0.2, 0.25) is 11.8 Å². The smallest absolute Gasteiger partial charge is 0.249 e. The highest BCUT2D eigenvalue weighted by Crippen LogP contribution is 2.33. The van der Waals surface area contributed by atoms with Gasteiger partial charge >= 0.3 is 0 Å². The van der Waals surface area contributed by atoms with Crippen LogP contribution in [0.4, 0.5) is 4.39 Å². The second-order valence-corrected chi connectivity index (χ2v) is 7.02. The number of ether oxygens (including phenoxy) is 1. The van der Waals surface area contributed by atoms with E-state index in [0.29, 0.717) is 25.9 Å². The van der Waals surface area contributed by atoms with Crippen LogP contribution in [0.15, 0.2) is 54.6 Å². The Bertz CT molecular complexity index is 795. The molecular formula is C22H25FN2O3. The second-order valence-electron chi connectivity index (χ2n) is 7.02. The molecule has 2 aromatic rings. The summed E-state index contributed by atoms with van der Waals surface area (Å²) in [6.45, 7) is 0.741. The zero-order valence-electron chi connectivity index (χ0n) is 15.9. The Labute approximate surface area is 164 Å². The number of benzene rings is 2. The molecule has 6 heteroatoms. The molecule has 1 fully saturated rings. The van der Waals surface area contributed by atoms with Crippen molar-refractivity contribution in [1.29, 1.82) is 0 Å². The summed E-state index contributed by atoms with van der Waals surface area (Å²) in [5.41, 5.74) is 1.90. The van der Waals surface area contributed by atoms with Gasteiger partial charge < -0.3 is 15.0 Å². The van der Waals surface area contributed by atoms with Crippen LogP contribution in [0.25, 0.3) is 0 Å². The largest absolute Gasteiger partial charge is 0.375 e. The minimum absolute atomic E-state index is 0.0456. The van der Waals surface area contributed by atoms with E-state index in [2.05, 4.69) is 5.32 Å². The lowest BCUT2D eigenvalue weighted by Crippen LogP contribution is -2.47. The number of nitrogens with one attached hydrogen (secondary N) is 1. The first-order chi connectivity index (χ1) is 13.6. The van der Waals surface area contributed by atoms with Gasteiger partial charge in [0.05, 0.1) is 12.0 Å².